The van der Waals surface area contributed by atoms with E-state index in [1.165, 1.54) is 0 Å². The standard InChI is InChI=1S/C11H15BrN4/c1-15-4-6-16(7-5-15)11(13)10-3-2-9(12)8-14-10/h2-3,8,13H,4-7H2,1H3. The third kappa shape index (κ3) is 2.59. The first-order valence-corrected chi connectivity index (χ1v) is 6.10. The van der Waals surface area contributed by atoms with E-state index >= 15 is 0 Å². The number of halogens is 1. The highest BCUT2D eigenvalue weighted by Gasteiger charge is 2.17. The van der Waals surface area contributed by atoms with E-state index in [4.69, 9.17) is 5.41 Å². The van der Waals surface area contributed by atoms with Crippen LogP contribution in [0.3, 0.4) is 0 Å². The number of pyridine rings is 1. The maximum Gasteiger partial charge on any atom is 0.147 e. The van der Waals surface area contributed by atoms with Crippen molar-refractivity contribution in [1.82, 2.24) is 14.8 Å². The van der Waals surface area contributed by atoms with Gasteiger partial charge in [0.25, 0.3) is 0 Å². The Balaban J connectivity index is 2.05. The Morgan fingerprint density at radius 2 is 2.00 bits per heavy atom. The van der Waals surface area contributed by atoms with Gasteiger partial charge in [-0.05, 0) is 35.1 Å². The fourth-order valence-corrected chi connectivity index (χ4v) is 1.94. The maximum absolute atomic E-state index is 8.09. The fraction of sp³-hybridized carbons (Fsp3) is 0.455. The lowest BCUT2D eigenvalue weighted by Gasteiger charge is -2.33. The largest absolute Gasteiger partial charge is 0.353 e. The van der Waals surface area contributed by atoms with Crippen LogP contribution in [-0.2, 0) is 0 Å². The number of nitrogens with zero attached hydrogens (tertiary/aromatic N) is 3. The van der Waals surface area contributed by atoms with Crippen molar-refractivity contribution in [2.75, 3.05) is 33.2 Å². The molecule has 4 nitrogen and oxygen atoms in total. The Labute approximate surface area is 104 Å². The lowest BCUT2D eigenvalue weighted by Crippen LogP contribution is -2.47. The Hall–Kier alpha value is -0.940. The van der Waals surface area contributed by atoms with Gasteiger partial charge in [0.1, 0.15) is 11.5 Å². The van der Waals surface area contributed by atoms with Gasteiger partial charge in [0.15, 0.2) is 0 Å². The normalized spacial score (nSPS) is 17.5. The number of nitrogens with one attached hydrogen (secondary N) is 1. The predicted octanol–water partition coefficient (Wildman–Crippen LogP) is 1.42. The fourth-order valence-electron chi connectivity index (χ4n) is 1.71. The van der Waals surface area contributed by atoms with Gasteiger partial charge in [0.2, 0.25) is 0 Å². The van der Waals surface area contributed by atoms with Crippen molar-refractivity contribution in [3.63, 3.8) is 0 Å². The molecule has 0 atom stereocenters. The molecule has 2 rings (SSSR count). The molecule has 0 aliphatic carbocycles. The molecular weight excluding hydrogens is 268 g/mol. The third-order valence-corrected chi connectivity index (χ3v) is 3.26. The summed E-state index contributed by atoms with van der Waals surface area (Å²) in [6.07, 6.45) is 1.74. The molecular formula is C11H15BrN4. The Morgan fingerprint density at radius 3 is 2.56 bits per heavy atom. The molecule has 0 aromatic carbocycles. The van der Waals surface area contributed by atoms with Crippen LogP contribution in [0.4, 0.5) is 0 Å². The first kappa shape index (κ1) is 11.5. The zero-order chi connectivity index (χ0) is 11.5. The molecule has 0 unspecified atom stereocenters. The van der Waals surface area contributed by atoms with Crippen LogP contribution in [0.5, 0.6) is 0 Å². The van der Waals surface area contributed by atoms with E-state index in [1.54, 1.807) is 6.20 Å². The van der Waals surface area contributed by atoms with Crippen molar-refractivity contribution >= 4 is 21.8 Å². The summed E-state index contributed by atoms with van der Waals surface area (Å²) < 4.78 is 0.947. The van der Waals surface area contributed by atoms with Crippen molar-refractivity contribution in [2.24, 2.45) is 0 Å². The molecule has 0 saturated carbocycles. The summed E-state index contributed by atoms with van der Waals surface area (Å²) in [6, 6.07) is 3.80. The minimum absolute atomic E-state index is 0.528. The van der Waals surface area contributed by atoms with Gasteiger partial charge in [-0.25, -0.2) is 0 Å². The number of amidine groups is 1. The van der Waals surface area contributed by atoms with Crippen LogP contribution < -0.4 is 0 Å². The van der Waals surface area contributed by atoms with Gasteiger partial charge in [0.05, 0.1) is 0 Å². The molecule has 0 amide bonds. The topological polar surface area (TPSA) is 43.2 Å². The van der Waals surface area contributed by atoms with Gasteiger partial charge in [-0.3, -0.25) is 10.4 Å². The molecule has 1 saturated heterocycles. The molecule has 0 spiro atoms. The Kier molecular flexibility index (Phi) is 3.56. The second-order valence-electron chi connectivity index (χ2n) is 4.00. The molecule has 0 radical (unpaired) electrons. The molecule has 16 heavy (non-hydrogen) atoms. The highest BCUT2D eigenvalue weighted by molar-refractivity contribution is 9.10. The van der Waals surface area contributed by atoms with Gasteiger partial charge in [-0.1, -0.05) is 0 Å². The SMILES string of the molecule is CN1CCN(C(=N)c2ccc(Br)cn2)CC1. The van der Waals surface area contributed by atoms with Crippen molar-refractivity contribution < 1.29 is 0 Å². The molecule has 2 heterocycles. The molecule has 1 aromatic heterocycles. The Bertz CT molecular complexity index is 368. The molecule has 1 N–H and O–H groups in total. The monoisotopic (exact) mass is 282 g/mol. The van der Waals surface area contributed by atoms with Crippen molar-refractivity contribution in [3.8, 4) is 0 Å². The minimum Gasteiger partial charge on any atom is -0.353 e. The van der Waals surface area contributed by atoms with E-state index in [9.17, 15) is 0 Å². The van der Waals surface area contributed by atoms with Crippen LogP contribution in [-0.4, -0.2) is 53.8 Å². The average Bonchev–Trinajstić information content (AvgIpc) is 2.30. The molecule has 1 aromatic rings. The van der Waals surface area contributed by atoms with Crippen LogP contribution in [0.25, 0.3) is 0 Å². The second kappa shape index (κ2) is 4.93. The molecule has 1 fully saturated rings. The summed E-state index contributed by atoms with van der Waals surface area (Å²) in [5, 5.41) is 8.09. The van der Waals surface area contributed by atoms with E-state index in [0.717, 1.165) is 36.3 Å². The Morgan fingerprint density at radius 1 is 1.31 bits per heavy atom. The van der Waals surface area contributed by atoms with E-state index in [-0.39, 0.29) is 0 Å². The predicted molar refractivity (Wildman–Crippen MR) is 67.8 cm³/mol. The first-order chi connectivity index (χ1) is 7.66. The quantitative estimate of drug-likeness (QED) is 0.626. The van der Waals surface area contributed by atoms with Gasteiger partial charge < -0.3 is 9.80 Å². The van der Waals surface area contributed by atoms with Crippen LogP contribution in [0.15, 0.2) is 22.8 Å². The second-order valence-corrected chi connectivity index (χ2v) is 4.92. The van der Waals surface area contributed by atoms with E-state index in [0.29, 0.717) is 5.84 Å². The van der Waals surface area contributed by atoms with Crippen molar-refractivity contribution in [1.29, 1.82) is 5.41 Å². The van der Waals surface area contributed by atoms with Gasteiger partial charge in [-0.2, -0.15) is 0 Å². The highest BCUT2D eigenvalue weighted by atomic mass is 79.9. The molecule has 5 heteroatoms. The average molecular weight is 283 g/mol. The maximum atomic E-state index is 8.09. The number of hydrogen-bond acceptors (Lipinski definition) is 3. The van der Waals surface area contributed by atoms with Gasteiger partial charge in [0, 0.05) is 36.8 Å². The zero-order valence-electron chi connectivity index (χ0n) is 9.28. The third-order valence-electron chi connectivity index (χ3n) is 2.79. The summed E-state index contributed by atoms with van der Waals surface area (Å²) in [7, 11) is 2.11. The summed E-state index contributed by atoms with van der Waals surface area (Å²) in [5.74, 6) is 0.528. The van der Waals surface area contributed by atoms with Gasteiger partial charge >= 0.3 is 0 Å². The lowest BCUT2D eigenvalue weighted by atomic mass is 10.2. The number of piperazine rings is 1. The van der Waals surface area contributed by atoms with Crippen LogP contribution in [0.1, 0.15) is 5.69 Å². The number of hydrogen-bond donors (Lipinski definition) is 1. The van der Waals surface area contributed by atoms with Crippen LogP contribution in [0.2, 0.25) is 0 Å². The van der Waals surface area contributed by atoms with Gasteiger partial charge in [-0.15, -0.1) is 0 Å². The molecule has 86 valence electrons. The number of rotatable bonds is 1. The number of likely N-dealkylation sites (N-methyl/N-ethyl adjacent to an activating group) is 1. The van der Waals surface area contributed by atoms with Crippen LogP contribution in [0, 0.1) is 5.41 Å². The van der Waals surface area contributed by atoms with E-state index < -0.39 is 0 Å². The summed E-state index contributed by atoms with van der Waals surface area (Å²) in [5.41, 5.74) is 0.743. The summed E-state index contributed by atoms with van der Waals surface area (Å²) in [6.45, 7) is 3.85. The minimum atomic E-state index is 0.528. The van der Waals surface area contributed by atoms with Crippen molar-refractivity contribution in [3.05, 3.63) is 28.5 Å². The summed E-state index contributed by atoms with van der Waals surface area (Å²) in [4.78, 5) is 8.60. The smallest absolute Gasteiger partial charge is 0.147 e. The molecule has 1 aliphatic heterocycles. The zero-order valence-corrected chi connectivity index (χ0v) is 10.9. The number of aromatic nitrogens is 1. The van der Waals surface area contributed by atoms with Crippen molar-refractivity contribution in [2.45, 2.75) is 0 Å². The van der Waals surface area contributed by atoms with Crippen LogP contribution >= 0.6 is 15.9 Å². The lowest BCUT2D eigenvalue weighted by molar-refractivity contribution is 0.215. The molecule has 1 aliphatic rings. The molecule has 0 bridgehead atoms. The van der Waals surface area contributed by atoms with E-state index in [1.807, 2.05) is 12.1 Å². The highest BCUT2D eigenvalue weighted by Crippen LogP contribution is 2.10. The first-order valence-electron chi connectivity index (χ1n) is 5.31. The summed E-state index contributed by atoms with van der Waals surface area (Å²) >= 11 is 3.35. The van der Waals surface area contributed by atoms with E-state index in [2.05, 4.69) is 37.8 Å².